The predicted octanol–water partition coefficient (Wildman–Crippen LogP) is 5.33. The van der Waals surface area contributed by atoms with Crippen LogP contribution in [0.2, 0.25) is 5.02 Å². The van der Waals surface area contributed by atoms with Gasteiger partial charge in [-0.05, 0) is 60.9 Å². The van der Waals surface area contributed by atoms with E-state index in [0.29, 0.717) is 32.8 Å². The minimum Gasteiger partial charge on any atom is -0.293 e. The summed E-state index contributed by atoms with van der Waals surface area (Å²) in [4.78, 5) is 38.8. The van der Waals surface area contributed by atoms with Gasteiger partial charge in [-0.2, -0.15) is 0 Å². The number of hydrogen-bond donors (Lipinski definition) is 2. The third-order valence-electron chi connectivity index (χ3n) is 4.75. The summed E-state index contributed by atoms with van der Waals surface area (Å²) in [6.07, 6.45) is 4.19. The van der Waals surface area contributed by atoms with Crippen LogP contribution >= 0.6 is 51.5 Å². The lowest BCUT2D eigenvalue weighted by molar-refractivity contribution is -0.123. The van der Waals surface area contributed by atoms with Crippen molar-refractivity contribution in [3.63, 3.8) is 0 Å². The van der Waals surface area contributed by atoms with Gasteiger partial charge in [-0.3, -0.25) is 30.1 Å². The van der Waals surface area contributed by atoms with Crippen LogP contribution in [0.1, 0.15) is 41.6 Å². The molecule has 3 rings (SSSR count). The lowest BCUT2D eigenvalue weighted by atomic mass is 10.2. The van der Waals surface area contributed by atoms with Gasteiger partial charge in [0.15, 0.2) is 0 Å². The number of nitrogens with zero attached hydrogens (tertiary/aromatic N) is 1. The van der Waals surface area contributed by atoms with Crippen molar-refractivity contribution in [2.45, 2.75) is 25.7 Å². The quantitative estimate of drug-likeness (QED) is 0.196. The molecule has 0 aromatic heterocycles. The van der Waals surface area contributed by atoms with E-state index in [2.05, 4.69) is 26.8 Å². The molecule has 1 aliphatic rings. The lowest BCUT2D eigenvalue weighted by Gasteiger charge is -2.14. The van der Waals surface area contributed by atoms with Gasteiger partial charge < -0.3 is 0 Å². The van der Waals surface area contributed by atoms with Crippen molar-refractivity contribution >= 4 is 79.6 Å². The summed E-state index contributed by atoms with van der Waals surface area (Å²) in [6.45, 7) is 0.505. The second-order valence-corrected chi connectivity index (χ2v) is 10.2. The SMILES string of the molecule is O=C(CCCCCN1C(=O)/C(=C/c2ccc(Cl)cc2)SC1=S)NNC(=O)c1ccc(Br)cc1. The Morgan fingerprint density at radius 2 is 1.73 bits per heavy atom. The highest BCUT2D eigenvalue weighted by molar-refractivity contribution is 9.10. The van der Waals surface area contributed by atoms with Gasteiger partial charge in [-0.1, -0.05) is 70.1 Å². The molecular formula is C23H21BrClN3O3S2. The van der Waals surface area contributed by atoms with Crippen molar-refractivity contribution in [3.05, 3.63) is 74.1 Å². The Labute approximate surface area is 215 Å². The van der Waals surface area contributed by atoms with Gasteiger partial charge in [0.25, 0.3) is 11.8 Å². The largest absolute Gasteiger partial charge is 0.293 e. The van der Waals surface area contributed by atoms with E-state index in [1.54, 1.807) is 41.3 Å². The van der Waals surface area contributed by atoms with Gasteiger partial charge >= 0.3 is 0 Å². The summed E-state index contributed by atoms with van der Waals surface area (Å²) in [6, 6.07) is 14.1. The molecule has 2 aromatic carbocycles. The standard InChI is InChI=1S/C23H21BrClN3O3S2/c24-17-9-7-16(8-10-17)21(30)27-26-20(29)4-2-1-3-13-28-22(31)19(33-23(28)32)14-15-5-11-18(25)12-6-15/h5-12,14H,1-4,13H2,(H,26,29)(H,27,30)/b19-14-. The van der Waals surface area contributed by atoms with Crippen molar-refractivity contribution < 1.29 is 14.4 Å². The second-order valence-electron chi connectivity index (χ2n) is 7.20. The number of carbonyl (C=O) groups is 3. The van der Waals surface area contributed by atoms with Crippen LogP contribution in [0.4, 0.5) is 0 Å². The third kappa shape index (κ3) is 7.67. The van der Waals surface area contributed by atoms with Crippen LogP contribution in [0, 0.1) is 0 Å². The van der Waals surface area contributed by atoms with E-state index in [1.807, 2.05) is 18.2 Å². The van der Waals surface area contributed by atoms with E-state index < -0.39 is 0 Å². The van der Waals surface area contributed by atoms with E-state index >= 15 is 0 Å². The van der Waals surface area contributed by atoms with Crippen LogP contribution in [0.3, 0.4) is 0 Å². The molecule has 33 heavy (non-hydrogen) atoms. The van der Waals surface area contributed by atoms with Crippen molar-refractivity contribution in [1.82, 2.24) is 15.8 Å². The van der Waals surface area contributed by atoms with Crippen molar-refractivity contribution in [3.8, 4) is 0 Å². The average Bonchev–Trinajstić information content (AvgIpc) is 3.06. The van der Waals surface area contributed by atoms with Crippen LogP contribution < -0.4 is 10.9 Å². The Balaban J connectivity index is 1.35. The first-order chi connectivity index (χ1) is 15.8. The molecule has 1 aliphatic heterocycles. The summed E-state index contributed by atoms with van der Waals surface area (Å²) in [7, 11) is 0. The molecule has 0 bridgehead atoms. The molecule has 0 unspecified atom stereocenters. The number of rotatable bonds is 8. The number of halogens is 2. The number of hydrazine groups is 1. The molecular weight excluding hydrogens is 546 g/mol. The fourth-order valence-corrected chi connectivity index (χ4v) is 4.70. The first kappa shape index (κ1) is 25.4. The third-order valence-corrected chi connectivity index (χ3v) is 6.91. The van der Waals surface area contributed by atoms with E-state index in [-0.39, 0.29) is 24.1 Å². The summed E-state index contributed by atoms with van der Waals surface area (Å²) in [5.41, 5.74) is 6.16. The predicted molar refractivity (Wildman–Crippen MR) is 140 cm³/mol. The minimum atomic E-state index is -0.378. The number of amides is 3. The van der Waals surface area contributed by atoms with E-state index in [1.165, 1.54) is 11.8 Å². The molecule has 2 N–H and O–H groups in total. The van der Waals surface area contributed by atoms with Gasteiger partial charge in [0.1, 0.15) is 4.32 Å². The molecule has 1 saturated heterocycles. The molecule has 0 atom stereocenters. The highest BCUT2D eigenvalue weighted by Gasteiger charge is 2.31. The summed E-state index contributed by atoms with van der Waals surface area (Å²) >= 11 is 15.8. The van der Waals surface area contributed by atoms with Crippen LogP contribution in [0.5, 0.6) is 0 Å². The Hall–Kier alpha value is -2.20. The number of thioether (sulfide) groups is 1. The first-order valence-corrected chi connectivity index (χ1v) is 12.6. The smallest absolute Gasteiger partial charge is 0.269 e. The van der Waals surface area contributed by atoms with E-state index in [0.717, 1.165) is 22.9 Å². The number of carbonyl (C=O) groups excluding carboxylic acids is 3. The molecule has 2 aromatic rings. The maximum atomic E-state index is 12.7. The molecule has 3 amide bonds. The molecule has 10 heteroatoms. The van der Waals surface area contributed by atoms with Crippen molar-refractivity contribution in [1.29, 1.82) is 0 Å². The maximum Gasteiger partial charge on any atom is 0.269 e. The van der Waals surface area contributed by atoms with Crippen LogP contribution in [-0.2, 0) is 9.59 Å². The molecule has 0 radical (unpaired) electrons. The fourth-order valence-electron chi connectivity index (χ4n) is 3.00. The number of thiocarbonyl (C=S) groups is 1. The molecule has 1 fully saturated rings. The van der Waals surface area contributed by atoms with Crippen LogP contribution in [0.15, 0.2) is 57.9 Å². The Kier molecular flexibility index (Phi) is 9.49. The molecule has 1 heterocycles. The topological polar surface area (TPSA) is 78.5 Å². The first-order valence-electron chi connectivity index (χ1n) is 10.2. The Morgan fingerprint density at radius 3 is 2.42 bits per heavy atom. The zero-order valence-corrected chi connectivity index (χ0v) is 21.5. The molecule has 172 valence electrons. The summed E-state index contributed by atoms with van der Waals surface area (Å²) < 4.78 is 1.40. The summed E-state index contributed by atoms with van der Waals surface area (Å²) in [5, 5.41) is 0.639. The Bertz CT molecular complexity index is 1080. The van der Waals surface area contributed by atoms with Gasteiger partial charge in [-0.25, -0.2) is 0 Å². The summed E-state index contributed by atoms with van der Waals surface area (Å²) in [5.74, 6) is -0.748. The maximum absolute atomic E-state index is 12.7. The molecule has 0 saturated carbocycles. The van der Waals surface area contributed by atoms with E-state index in [4.69, 9.17) is 23.8 Å². The lowest BCUT2D eigenvalue weighted by Crippen LogP contribution is -2.41. The van der Waals surface area contributed by atoms with E-state index in [9.17, 15) is 14.4 Å². The van der Waals surface area contributed by atoms with Gasteiger partial charge in [-0.15, -0.1) is 0 Å². The highest BCUT2D eigenvalue weighted by Crippen LogP contribution is 2.33. The second kappa shape index (κ2) is 12.3. The fraction of sp³-hybridized carbons (Fsp3) is 0.217. The molecule has 0 aliphatic carbocycles. The van der Waals surface area contributed by atoms with Gasteiger partial charge in [0.05, 0.1) is 4.91 Å². The zero-order chi connectivity index (χ0) is 23.8. The zero-order valence-electron chi connectivity index (χ0n) is 17.5. The Morgan fingerprint density at radius 1 is 1.03 bits per heavy atom. The molecule has 0 spiro atoms. The van der Waals surface area contributed by atoms with Gasteiger partial charge in [0.2, 0.25) is 5.91 Å². The highest BCUT2D eigenvalue weighted by atomic mass is 79.9. The number of unbranched alkanes of at least 4 members (excludes halogenated alkanes) is 2. The van der Waals surface area contributed by atoms with Crippen molar-refractivity contribution in [2.75, 3.05) is 6.54 Å². The average molecular weight is 567 g/mol. The number of benzene rings is 2. The normalized spacial score (nSPS) is 14.6. The van der Waals surface area contributed by atoms with Crippen LogP contribution in [0.25, 0.3) is 6.08 Å². The van der Waals surface area contributed by atoms with Crippen molar-refractivity contribution in [2.24, 2.45) is 0 Å². The minimum absolute atomic E-state index is 0.103. The molecule has 6 nitrogen and oxygen atoms in total. The number of hydrogen-bond acceptors (Lipinski definition) is 5. The monoisotopic (exact) mass is 565 g/mol. The van der Waals surface area contributed by atoms with Crippen LogP contribution in [-0.4, -0.2) is 33.5 Å². The van der Waals surface area contributed by atoms with Gasteiger partial charge in [0, 0.05) is 28.0 Å². The number of nitrogens with one attached hydrogen (secondary N) is 2.